The van der Waals surface area contributed by atoms with E-state index in [1.165, 1.54) is 38.2 Å². The van der Waals surface area contributed by atoms with Gasteiger partial charge in [-0.15, -0.1) is 0 Å². The molecule has 8 aromatic carbocycles. The van der Waals surface area contributed by atoms with Crippen LogP contribution in [0.2, 0.25) is 0 Å². The largest absolute Gasteiger partial charge is 0.256 e. The Kier molecular flexibility index (Phi) is 7.81. The highest BCUT2D eigenvalue weighted by Crippen LogP contribution is 2.37. The fourth-order valence-corrected chi connectivity index (χ4v) is 7.52. The Bertz CT molecular complexity index is 2970. The Hall–Kier alpha value is -7.23. The molecule has 0 aliphatic carbocycles. The van der Waals surface area contributed by atoms with Crippen LogP contribution in [0.4, 0.5) is 0 Å². The lowest BCUT2D eigenvalue weighted by molar-refractivity contribution is 1.18. The third kappa shape index (κ3) is 5.88. The van der Waals surface area contributed by atoms with Gasteiger partial charge in [0.1, 0.15) is 0 Å². The first kappa shape index (κ1) is 31.5. The number of hydrogen-bond acceptors (Lipinski definition) is 3. The van der Waals surface area contributed by atoms with Crippen LogP contribution in [0.1, 0.15) is 0 Å². The van der Waals surface area contributed by atoms with Gasteiger partial charge in [0.15, 0.2) is 5.82 Å². The SMILES string of the molecule is c1ccc(-c2ccc(-c3cc(-c4ccc(-c5cnc6ccccc6c5)cc4)nc(-c4cccc(-c5cc6ccccc6c6ccccc56)c4)n3)cc2)cc1. The molecule has 0 aliphatic rings. The standard InChI is InChI=1S/C51H33N3/c1-2-11-34(12-3-1)35-21-25-37(26-22-35)49-32-50(38-27-23-36(24-28-38)43-30-41-14-5-9-20-48(41)52-33-43)54-51(53-49)42-16-10-15-39(29-42)47-31-40-13-4-6-17-44(40)45-18-7-8-19-46(45)47/h1-33H. The lowest BCUT2D eigenvalue weighted by atomic mass is 9.92. The van der Waals surface area contributed by atoms with Gasteiger partial charge < -0.3 is 0 Å². The first-order valence-corrected chi connectivity index (χ1v) is 18.3. The van der Waals surface area contributed by atoms with Crippen molar-refractivity contribution in [1.82, 2.24) is 15.0 Å². The Balaban J connectivity index is 1.09. The molecule has 0 saturated carbocycles. The highest BCUT2D eigenvalue weighted by Gasteiger charge is 2.14. The van der Waals surface area contributed by atoms with Crippen molar-refractivity contribution in [2.45, 2.75) is 0 Å². The minimum Gasteiger partial charge on any atom is -0.256 e. The van der Waals surface area contributed by atoms with Crippen molar-refractivity contribution in [3.8, 4) is 67.3 Å². The summed E-state index contributed by atoms with van der Waals surface area (Å²) < 4.78 is 0. The molecule has 0 amide bonds. The molecule has 0 N–H and O–H groups in total. The van der Waals surface area contributed by atoms with Crippen molar-refractivity contribution in [2.75, 3.05) is 0 Å². The molecular formula is C51H33N3. The smallest absolute Gasteiger partial charge is 0.160 e. The predicted molar refractivity (Wildman–Crippen MR) is 225 cm³/mol. The molecule has 2 aromatic heterocycles. The summed E-state index contributed by atoms with van der Waals surface area (Å²) in [7, 11) is 0. The van der Waals surface area contributed by atoms with Gasteiger partial charge in [-0.3, -0.25) is 4.98 Å². The fourth-order valence-electron chi connectivity index (χ4n) is 7.52. The molecule has 0 aliphatic heterocycles. The van der Waals surface area contributed by atoms with E-state index in [1.54, 1.807) is 0 Å². The van der Waals surface area contributed by atoms with Gasteiger partial charge in [-0.05, 0) is 79.7 Å². The number of pyridine rings is 1. The zero-order valence-corrected chi connectivity index (χ0v) is 29.4. The first-order chi connectivity index (χ1) is 26.7. The summed E-state index contributed by atoms with van der Waals surface area (Å²) in [6, 6.07) is 68.5. The molecule has 0 fully saturated rings. The average Bonchev–Trinajstić information content (AvgIpc) is 3.26. The summed E-state index contributed by atoms with van der Waals surface area (Å²) in [6.07, 6.45) is 1.95. The molecule has 0 bridgehead atoms. The third-order valence-electron chi connectivity index (χ3n) is 10.3. The first-order valence-electron chi connectivity index (χ1n) is 18.3. The minimum atomic E-state index is 0.685. The zero-order valence-electron chi connectivity index (χ0n) is 29.4. The second-order valence-corrected chi connectivity index (χ2v) is 13.7. The van der Waals surface area contributed by atoms with E-state index >= 15 is 0 Å². The third-order valence-corrected chi connectivity index (χ3v) is 10.3. The van der Waals surface area contributed by atoms with E-state index in [1.807, 2.05) is 24.4 Å². The van der Waals surface area contributed by atoms with Gasteiger partial charge in [-0.25, -0.2) is 9.97 Å². The second kappa shape index (κ2) is 13.4. The molecule has 252 valence electrons. The normalized spacial score (nSPS) is 11.3. The number of para-hydroxylation sites is 1. The molecule has 0 radical (unpaired) electrons. The van der Waals surface area contributed by atoms with E-state index in [4.69, 9.17) is 15.0 Å². The maximum Gasteiger partial charge on any atom is 0.160 e. The molecule has 10 aromatic rings. The quantitative estimate of drug-likeness (QED) is 0.163. The number of rotatable bonds is 6. The predicted octanol–water partition coefficient (Wildman–Crippen LogP) is 13.3. The van der Waals surface area contributed by atoms with Crippen LogP contribution in [0.25, 0.3) is 99.7 Å². The van der Waals surface area contributed by atoms with Crippen LogP contribution >= 0.6 is 0 Å². The van der Waals surface area contributed by atoms with Crippen molar-refractivity contribution < 1.29 is 0 Å². The van der Waals surface area contributed by atoms with Crippen molar-refractivity contribution in [1.29, 1.82) is 0 Å². The van der Waals surface area contributed by atoms with Crippen LogP contribution < -0.4 is 0 Å². The highest BCUT2D eigenvalue weighted by molar-refractivity contribution is 6.13. The van der Waals surface area contributed by atoms with Gasteiger partial charge in [-0.1, -0.05) is 164 Å². The summed E-state index contributed by atoms with van der Waals surface area (Å²) >= 11 is 0. The van der Waals surface area contributed by atoms with Crippen LogP contribution in [-0.2, 0) is 0 Å². The van der Waals surface area contributed by atoms with E-state index in [0.29, 0.717) is 5.82 Å². The van der Waals surface area contributed by atoms with Crippen LogP contribution in [0.5, 0.6) is 0 Å². The van der Waals surface area contributed by atoms with Crippen molar-refractivity contribution in [2.24, 2.45) is 0 Å². The maximum atomic E-state index is 5.23. The van der Waals surface area contributed by atoms with Crippen LogP contribution in [-0.4, -0.2) is 15.0 Å². The summed E-state index contributed by atoms with van der Waals surface area (Å²) in [5.74, 6) is 0.685. The number of hydrogen-bond donors (Lipinski definition) is 0. The Morgan fingerprint density at radius 2 is 0.833 bits per heavy atom. The topological polar surface area (TPSA) is 38.7 Å². The Labute approximate surface area is 313 Å². The van der Waals surface area contributed by atoms with Gasteiger partial charge in [-0.2, -0.15) is 0 Å². The van der Waals surface area contributed by atoms with E-state index in [2.05, 4.69) is 176 Å². The van der Waals surface area contributed by atoms with E-state index in [-0.39, 0.29) is 0 Å². The minimum absolute atomic E-state index is 0.685. The van der Waals surface area contributed by atoms with Crippen molar-refractivity contribution in [3.05, 3.63) is 200 Å². The van der Waals surface area contributed by atoms with Crippen molar-refractivity contribution >= 4 is 32.4 Å². The second-order valence-electron chi connectivity index (χ2n) is 13.7. The number of nitrogens with zero attached hydrogens (tertiary/aromatic N) is 3. The molecule has 3 heteroatoms. The molecule has 0 atom stereocenters. The Morgan fingerprint density at radius 1 is 0.296 bits per heavy atom. The van der Waals surface area contributed by atoms with Gasteiger partial charge in [0.05, 0.1) is 16.9 Å². The van der Waals surface area contributed by atoms with Gasteiger partial charge in [0.2, 0.25) is 0 Å². The van der Waals surface area contributed by atoms with E-state index < -0.39 is 0 Å². The summed E-state index contributed by atoms with van der Waals surface area (Å²) in [5.41, 5.74) is 12.6. The summed E-state index contributed by atoms with van der Waals surface area (Å²) in [5, 5.41) is 6.08. The lowest BCUT2D eigenvalue weighted by Gasteiger charge is -2.13. The molecule has 54 heavy (non-hydrogen) atoms. The van der Waals surface area contributed by atoms with Gasteiger partial charge in [0, 0.05) is 33.8 Å². The van der Waals surface area contributed by atoms with E-state index in [9.17, 15) is 0 Å². The summed E-state index contributed by atoms with van der Waals surface area (Å²) in [6.45, 7) is 0. The molecule has 0 saturated heterocycles. The lowest BCUT2D eigenvalue weighted by Crippen LogP contribution is -1.96. The summed E-state index contributed by atoms with van der Waals surface area (Å²) in [4.78, 5) is 15.1. The average molecular weight is 688 g/mol. The molecule has 0 unspecified atom stereocenters. The molecule has 3 nitrogen and oxygen atoms in total. The number of fused-ring (bicyclic) bond motifs is 4. The monoisotopic (exact) mass is 687 g/mol. The zero-order chi connectivity index (χ0) is 35.8. The van der Waals surface area contributed by atoms with Gasteiger partial charge >= 0.3 is 0 Å². The fraction of sp³-hybridized carbons (Fsp3) is 0. The maximum absolute atomic E-state index is 5.23. The molecule has 0 spiro atoms. The van der Waals surface area contributed by atoms with Crippen LogP contribution in [0.3, 0.4) is 0 Å². The Morgan fingerprint density at radius 3 is 1.57 bits per heavy atom. The van der Waals surface area contributed by atoms with Crippen LogP contribution in [0.15, 0.2) is 200 Å². The van der Waals surface area contributed by atoms with Crippen molar-refractivity contribution in [3.63, 3.8) is 0 Å². The molecular weight excluding hydrogens is 655 g/mol. The van der Waals surface area contributed by atoms with Crippen LogP contribution in [0, 0.1) is 0 Å². The number of benzene rings is 8. The molecule has 10 rings (SSSR count). The number of aromatic nitrogens is 3. The highest BCUT2D eigenvalue weighted by atomic mass is 14.9. The van der Waals surface area contributed by atoms with E-state index in [0.717, 1.165) is 55.7 Å². The van der Waals surface area contributed by atoms with Gasteiger partial charge in [0.25, 0.3) is 0 Å². The molecule has 2 heterocycles.